The Morgan fingerprint density at radius 3 is 2.10 bits per heavy atom. The van der Waals surface area contributed by atoms with E-state index >= 15 is 0 Å². The second kappa shape index (κ2) is 7.73. The van der Waals surface area contributed by atoms with Gasteiger partial charge >= 0.3 is 18.4 Å². The largest absolute Gasteiger partial charge is 0.433 e. The average molecular weight is 428 g/mol. The number of hydrogen-bond donors (Lipinski definition) is 2. The number of carbonyl (C=O) groups is 1. The molecule has 3 aromatic rings. The number of benzene rings is 2. The van der Waals surface area contributed by atoms with Gasteiger partial charge in [-0.25, -0.2) is 9.48 Å². The van der Waals surface area contributed by atoms with Crippen LogP contribution in [-0.2, 0) is 12.4 Å². The van der Waals surface area contributed by atoms with E-state index in [0.717, 1.165) is 28.9 Å². The number of amides is 2. The maximum atomic E-state index is 13.1. The first-order valence-electron chi connectivity index (χ1n) is 8.43. The van der Waals surface area contributed by atoms with Crippen molar-refractivity contribution in [1.82, 2.24) is 9.78 Å². The third kappa shape index (κ3) is 4.91. The molecule has 0 bridgehead atoms. The van der Waals surface area contributed by atoms with Crippen LogP contribution in [-0.4, -0.2) is 15.8 Å². The van der Waals surface area contributed by atoms with Crippen molar-refractivity contribution in [2.24, 2.45) is 0 Å². The van der Waals surface area contributed by atoms with Crippen LogP contribution in [0.25, 0.3) is 5.69 Å². The molecule has 1 heterocycles. The highest BCUT2D eigenvalue weighted by Crippen LogP contribution is 2.32. The van der Waals surface area contributed by atoms with Crippen LogP contribution in [0.1, 0.15) is 17.0 Å². The average Bonchev–Trinajstić information content (AvgIpc) is 3.04. The van der Waals surface area contributed by atoms with E-state index < -0.39 is 29.6 Å². The summed E-state index contributed by atoms with van der Waals surface area (Å²) >= 11 is 0. The van der Waals surface area contributed by atoms with Gasteiger partial charge in [0.15, 0.2) is 0 Å². The predicted octanol–water partition coefficient (Wildman–Crippen LogP) is 5.86. The molecule has 2 N–H and O–H groups in total. The summed E-state index contributed by atoms with van der Waals surface area (Å²) in [6.45, 7) is 1.43. The van der Waals surface area contributed by atoms with Crippen LogP contribution in [0.3, 0.4) is 0 Å². The summed E-state index contributed by atoms with van der Waals surface area (Å²) in [5, 5.41) is 8.49. The number of nitrogens with one attached hydrogen (secondary N) is 2. The molecular formula is C19H14F6N4O. The minimum atomic E-state index is -4.59. The standard InChI is InChI=1S/C19H14F6N4O/c1-11-9-16(19(23,24)25)29(28-11)15-7-5-13(6-8-15)26-17(30)27-14-4-2-3-12(10-14)18(20,21)22/h2-10H,1H3,(H2,26,27,30). The Labute approximate surface area is 166 Å². The molecule has 0 saturated carbocycles. The van der Waals surface area contributed by atoms with Gasteiger partial charge in [-0.1, -0.05) is 6.07 Å². The molecule has 158 valence electrons. The number of hydrogen-bond acceptors (Lipinski definition) is 2. The van der Waals surface area contributed by atoms with Crippen LogP contribution in [0.15, 0.2) is 54.6 Å². The summed E-state index contributed by atoms with van der Waals surface area (Å²) in [7, 11) is 0. The van der Waals surface area contributed by atoms with Crippen molar-refractivity contribution in [2.45, 2.75) is 19.3 Å². The number of anilines is 2. The van der Waals surface area contributed by atoms with Gasteiger partial charge in [0, 0.05) is 11.4 Å². The first-order chi connectivity index (χ1) is 13.9. The van der Waals surface area contributed by atoms with Crippen molar-refractivity contribution in [3.8, 4) is 5.69 Å². The molecule has 1 aromatic heterocycles. The van der Waals surface area contributed by atoms with Gasteiger partial charge in [-0.3, -0.25) is 0 Å². The Balaban J connectivity index is 1.72. The van der Waals surface area contributed by atoms with Gasteiger partial charge < -0.3 is 10.6 Å². The third-order valence-electron chi connectivity index (χ3n) is 3.94. The number of halogens is 6. The lowest BCUT2D eigenvalue weighted by molar-refractivity contribution is -0.142. The van der Waals surface area contributed by atoms with Crippen molar-refractivity contribution in [3.63, 3.8) is 0 Å². The zero-order valence-electron chi connectivity index (χ0n) is 15.3. The van der Waals surface area contributed by atoms with Gasteiger partial charge in [-0.2, -0.15) is 31.4 Å². The predicted molar refractivity (Wildman–Crippen MR) is 97.4 cm³/mol. The summed E-state index contributed by atoms with van der Waals surface area (Å²) in [5.41, 5.74) is -1.40. The SMILES string of the molecule is Cc1cc(C(F)(F)F)n(-c2ccc(NC(=O)Nc3cccc(C(F)(F)F)c3)cc2)n1. The van der Waals surface area contributed by atoms with Gasteiger partial charge in [0.25, 0.3) is 0 Å². The number of aryl methyl sites for hydroxylation is 1. The van der Waals surface area contributed by atoms with Crippen molar-refractivity contribution in [3.05, 3.63) is 71.5 Å². The molecule has 2 aromatic carbocycles. The summed E-state index contributed by atoms with van der Waals surface area (Å²) in [5.74, 6) is 0. The number of nitrogens with zero attached hydrogens (tertiary/aromatic N) is 2. The lowest BCUT2D eigenvalue weighted by Gasteiger charge is -2.12. The van der Waals surface area contributed by atoms with Gasteiger partial charge in [-0.05, 0) is 55.5 Å². The minimum absolute atomic E-state index is 0.0687. The minimum Gasteiger partial charge on any atom is -0.308 e. The highest BCUT2D eigenvalue weighted by atomic mass is 19.4. The highest BCUT2D eigenvalue weighted by Gasteiger charge is 2.36. The zero-order valence-corrected chi connectivity index (χ0v) is 15.3. The summed E-state index contributed by atoms with van der Waals surface area (Å²) in [6.07, 6.45) is -9.15. The third-order valence-corrected chi connectivity index (χ3v) is 3.94. The van der Waals surface area contributed by atoms with E-state index in [1.165, 1.54) is 37.3 Å². The van der Waals surface area contributed by atoms with Gasteiger partial charge in [0.2, 0.25) is 0 Å². The molecule has 11 heteroatoms. The molecule has 0 radical (unpaired) electrons. The van der Waals surface area contributed by atoms with Crippen LogP contribution in [0.4, 0.5) is 42.5 Å². The Hall–Kier alpha value is -3.50. The van der Waals surface area contributed by atoms with Crippen LogP contribution in [0.5, 0.6) is 0 Å². The van der Waals surface area contributed by atoms with Crippen molar-refractivity contribution in [2.75, 3.05) is 10.6 Å². The quantitative estimate of drug-likeness (QED) is 0.513. The Bertz CT molecular complexity index is 1050. The molecular weight excluding hydrogens is 414 g/mol. The Morgan fingerprint density at radius 1 is 0.867 bits per heavy atom. The fraction of sp³-hybridized carbons (Fsp3) is 0.158. The van der Waals surface area contributed by atoms with Crippen molar-refractivity contribution in [1.29, 1.82) is 0 Å². The molecule has 0 unspecified atom stereocenters. The maximum absolute atomic E-state index is 13.1. The zero-order chi connectivity index (χ0) is 22.1. The van der Waals surface area contributed by atoms with Gasteiger partial charge in [0.1, 0.15) is 5.69 Å². The molecule has 0 aliphatic carbocycles. The lowest BCUT2D eigenvalue weighted by atomic mass is 10.2. The first kappa shape index (κ1) is 21.2. The van der Waals surface area contributed by atoms with E-state index in [1.54, 1.807) is 0 Å². The fourth-order valence-electron chi connectivity index (χ4n) is 2.65. The number of carbonyl (C=O) groups excluding carboxylic acids is 1. The van der Waals surface area contributed by atoms with E-state index in [9.17, 15) is 31.1 Å². The molecule has 30 heavy (non-hydrogen) atoms. The Morgan fingerprint density at radius 2 is 1.50 bits per heavy atom. The molecule has 0 aliphatic heterocycles. The molecule has 5 nitrogen and oxygen atoms in total. The topological polar surface area (TPSA) is 59.0 Å². The molecule has 3 rings (SSSR count). The molecule has 0 saturated heterocycles. The van der Waals surface area contributed by atoms with E-state index in [4.69, 9.17) is 0 Å². The van der Waals surface area contributed by atoms with Gasteiger partial charge in [0.05, 0.1) is 16.9 Å². The monoisotopic (exact) mass is 428 g/mol. The van der Waals surface area contributed by atoms with E-state index in [2.05, 4.69) is 15.7 Å². The number of alkyl halides is 6. The van der Waals surface area contributed by atoms with E-state index in [1.807, 2.05) is 0 Å². The Kier molecular flexibility index (Phi) is 5.47. The lowest BCUT2D eigenvalue weighted by Crippen LogP contribution is -2.20. The molecule has 0 aliphatic rings. The van der Waals surface area contributed by atoms with Crippen molar-refractivity contribution < 1.29 is 31.1 Å². The number of aromatic nitrogens is 2. The molecule has 0 atom stereocenters. The van der Waals surface area contributed by atoms with E-state index in [0.29, 0.717) is 0 Å². The number of urea groups is 1. The fourth-order valence-corrected chi connectivity index (χ4v) is 2.65. The molecule has 0 spiro atoms. The normalized spacial score (nSPS) is 12.0. The highest BCUT2D eigenvalue weighted by molar-refractivity contribution is 5.99. The van der Waals surface area contributed by atoms with Crippen LogP contribution in [0, 0.1) is 6.92 Å². The summed E-state index contributed by atoms with van der Waals surface area (Å²) < 4.78 is 78.3. The van der Waals surface area contributed by atoms with E-state index in [-0.39, 0.29) is 22.8 Å². The van der Waals surface area contributed by atoms with Crippen LogP contribution in [0.2, 0.25) is 0 Å². The smallest absolute Gasteiger partial charge is 0.308 e. The maximum Gasteiger partial charge on any atom is 0.433 e. The second-order valence-corrected chi connectivity index (χ2v) is 6.29. The molecule has 0 fully saturated rings. The summed E-state index contributed by atoms with van der Waals surface area (Å²) in [4.78, 5) is 12.0. The number of rotatable bonds is 3. The van der Waals surface area contributed by atoms with Crippen LogP contribution < -0.4 is 10.6 Å². The van der Waals surface area contributed by atoms with Crippen LogP contribution >= 0.6 is 0 Å². The second-order valence-electron chi connectivity index (χ2n) is 6.29. The van der Waals surface area contributed by atoms with Crippen molar-refractivity contribution >= 4 is 17.4 Å². The van der Waals surface area contributed by atoms with Gasteiger partial charge in [-0.15, -0.1) is 0 Å². The first-order valence-corrected chi connectivity index (χ1v) is 8.43. The molecule has 2 amide bonds. The summed E-state index contributed by atoms with van der Waals surface area (Å²) in [6, 6.07) is 9.52.